The van der Waals surface area contributed by atoms with Crippen molar-refractivity contribution in [2.75, 3.05) is 13.2 Å². The van der Waals surface area contributed by atoms with Crippen LogP contribution < -0.4 is 5.32 Å². The molecule has 0 radical (unpaired) electrons. The Morgan fingerprint density at radius 3 is 2.53 bits per heavy atom. The number of rotatable bonds is 4. The van der Waals surface area contributed by atoms with Crippen molar-refractivity contribution in [1.29, 1.82) is 0 Å². The van der Waals surface area contributed by atoms with Crippen LogP contribution >= 0.6 is 11.9 Å². The molecule has 0 atom stereocenters. The predicted octanol–water partition coefficient (Wildman–Crippen LogP) is 2.53. The van der Waals surface area contributed by atoms with E-state index >= 15 is 0 Å². The summed E-state index contributed by atoms with van der Waals surface area (Å²) >= 11 is 4.95. The summed E-state index contributed by atoms with van der Waals surface area (Å²) < 4.78 is 21.3. The van der Waals surface area contributed by atoms with Gasteiger partial charge in [-0.05, 0) is 20.8 Å². The van der Waals surface area contributed by atoms with Crippen molar-refractivity contribution >= 4 is 18.0 Å². The van der Waals surface area contributed by atoms with Crippen molar-refractivity contribution in [3.63, 3.8) is 0 Å². The van der Waals surface area contributed by atoms with E-state index in [0.717, 1.165) is 0 Å². The molecule has 0 aliphatic carbocycles. The van der Waals surface area contributed by atoms with Crippen LogP contribution in [0.2, 0.25) is 0 Å². The van der Waals surface area contributed by atoms with E-state index in [1.165, 1.54) is 0 Å². The quantitative estimate of drug-likeness (QED) is 0.820. The lowest BCUT2D eigenvalue weighted by molar-refractivity contribution is 0.0531. The van der Waals surface area contributed by atoms with E-state index in [0.29, 0.717) is 6.33 Å². The van der Waals surface area contributed by atoms with E-state index in [1.807, 2.05) is 0 Å². The van der Waals surface area contributed by atoms with Gasteiger partial charge in [0.1, 0.15) is 5.60 Å². The third-order valence-corrected chi connectivity index (χ3v) is 1.36. The van der Waals surface area contributed by atoms with Gasteiger partial charge in [0, 0.05) is 12.1 Å². The predicted molar refractivity (Wildman–Crippen MR) is 55.2 cm³/mol. The van der Waals surface area contributed by atoms with E-state index in [-0.39, 0.29) is 18.7 Å². The van der Waals surface area contributed by atoms with Crippen LogP contribution in [0, 0.1) is 0 Å². The minimum absolute atomic E-state index is 0.00185. The van der Waals surface area contributed by atoms with Crippen molar-refractivity contribution in [2.45, 2.75) is 26.4 Å². The van der Waals surface area contributed by atoms with E-state index in [1.54, 1.807) is 20.8 Å². The second-order valence-corrected chi connectivity index (χ2v) is 4.09. The summed E-state index contributed by atoms with van der Waals surface area (Å²) in [6.45, 7) is 5.12. The van der Waals surface area contributed by atoms with E-state index in [4.69, 9.17) is 16.6 Å². The first-order valence-electron chi connectivity index (χ1n) is 4.37. The lowest BCUT2D eigenvalue weighted by atomic mass is 10.2. The Hall–Kier alpha value is -0.810. The van der Waals surface area contributed by atoms with Gasteiger partial charge in [0.05, 0.1) is 24.8 Å². The molecule has 0 unspecified atom stereocenters. The topological polar surface area (TPSA) is 47.6 Å². The van der Waals surface area contributed by atoms with Gasteiger partial charge in [-0.1, -0.05) is 0 Å². The summed E-state index contributed by atoms with van der Waals surface area (Å²) in [5, 5.41) is 2.37. The summed E-state index contributed by atoms with van der Waals surface area (Å²) in [6, 6.07) is 0. The highest BCUT2D eigenvalue weighted by Gasteiger charge is 2.15. The molecule has 0 aromatic rings. The molecule has 88 valence electrons. The number of nitrogens with one attached hydrogen (secondary N) is 1. The first-order chi connectivity index (χ1) is 6.89. The van der Waals surface area contributed by atoms with E-state index in [9.17, 15) is 9.18 Å². The molecule has 0 spiro atoms. The molecule has 0 saturated carbocycles. The molecule has 0 fully saturated rings. The molecule has 0 bridgehead atoms. The second kappa shape index (κ2) is 6.63. The summed E-state index contributed by atoms with van der Waals surface area (Å²) in [5.74, 6) is 0. The summed E-state index contributed by atoms with van der Waals surface area (Å²) in [6.07, 6.45) is -0.281. The van der Waals surface area contributed by atoms with Gasteiger partial charge in [0.25, 0.3) is 0 Å². The average Bonchev–Trinajstić information content (AvgIpc) is 2.09. The Balaban J connectivity index is 3.90. The second-order valence-electron chi connectivity index (χ2n) is 3.88. The third kappa shape index (κ3) is 8.20. The first-order valence-corrected chi connectivity index (χ1v) is 4.68. The maximum absolute atomic E-state index is 12.1. The molecule has 0 aromatic carbocycles. The lowest BCUT2D eigenvalue weighted by Crippen LogP contribution is -2.33. The van der Waals surface area contributed by atoms with E-state index in [2.05, 4.69) is 9.61 Å². The monoisotopic (exact) mass is 239 g/mol. The molecule has 0 aliphatic rings. The van der Waals surface area contributed by atoms with Crippen LogP contribution in [0.15, 0.2) is 11.9 Å². The van der Waals surface area contributed by atoms with Crippen LogP contribution in [0.4, 0.5) is 9.18 Å². The third-order valence-electron chi connectivity index (χ3n) is 1.25. The minimum atomic E-state index is -0.614. The molecule has 0 rings (SSSR count). The van der Waals surface area contributed by atoms with Crippen molar-refractivity contribution in [3.05, 3.63) is 11.9 Å². The summed E-state index contributed by atoms with van der Waals surface area (Å²) in [4.78, 5) is 11.1. The molecule has 4 nitrogen and oxygen atoms in total. The highest BCUT2D eigenvalue weighted by molar-refractivity contribution is 6.07. The zero-order valence-electron chi connectivity index (χ0n) is 8.97. The van der Waals surface area contributed by atoms with Crippen LogP contribution in [0.5, 0.6) is 0 Å². The Bertz CT molecular complexity index is 238. The molecular formula is C9H15ClFNO3. The molecule has 0 aromatic heterocycles. The molecule has 1 amide bonds. The fourth-order valence-electron chi connectivity index (χ4n) is 0.691. The smallest absolute Gasteiger partial charge is 0.407 e. The lowest BCUT2D eigenvalue weighted by Gasteiger charge is -2.19. The van der Waals surface area contributed by atoms with Crippen molar-refractivity contribution in [3.8, 4) is 0 Å². The Kier molecular flexibility index (Phi) is 6.27. The fraction of sp³-hybridized carbons (Fsp3) is 0.667. The average molecular weight is 240 g/mol. The van der Waals surface area contributed by atoms with Gasteiger partial charge in [0.15, 0.2) is 0 Å². The number of hydrogen-bond donors (Lipinski definition) is 1. The van der Waals surface area contributed by atoms with Gasteiger partial charge in [-0.2, -0.15) is 0 Å². The molecule has 0 aliphatic heterocycles. The van der Waals surface area contributed by atoms with Crippen LogP contribution in [0.25, 0.3) is 0 Å². The Labute approximate surface area is 93.5 Å². The SMILES string of the molecule is CC(C)(C)OC(=O)NC/C(=C\F)COCl. The molecule has 6 heteroatoms. The summed E-state index contributed by atoms with van der Waals surface area (Å²) in [7, 11) is 0. The van der Waals surface area contributed by atoms with Gasteiger partial charge in [-0.3, -0.25) is 4.29 Å². The molecule has 0 heterocycles. The highest BCUT2D eigenvalue weighted by Crippen LogP contribution is 2.06. The standard InChI is InChI=1S/C9H15ClFNO3/c1-9(2,3)15-8(13)12-5-7(4-11)6-14-10/h4H,5-6H2,1-3H3,(H,12,13)/b7-4+. The highest BCUT2D eigenvalue weighted by atomic mass is 35.5. The van der Waals surface area contributed by atoms with Gasteiger partial charge in [0.2, 0.25) is 0 Å². The van der Waals surface area contributed by atoms with Gasteiger partial charge >= 0.3 is 6.09 Å². The Morgan fingerprint density at radius 1 is 1.53 bits per heavy atom. The normalized spacial score (nSPS) is 12.5. The van der Waals surface area contributed by atoms with Crippen LogP contribution in [0.3, 0.4) is 0 Å². The Morgan fingerprint density at radius 2 is 2.13 bits per heavy atom. The number of halogens is 2. The zero-order chi connectivity index (χ0) is 11.9. The number of alkyl carbamates (subject to hydrolysis) is 1. The van der Waals surface area contributed by atoms with Crippen molar-refractivity contribution in [2.24, 2.45) is 0 Å². The molecular weight excluding hydrogens is 225 g/mol. The van der Waals surface area contributed by atoms with E-state index < -0.39 is 11.7 Å². The number of carbonyl (C=O) groups is 1. The number of carbonyl (C=O) groups excluding carboxylic acids is 1. The zero-order valence-corrected chi connectivity index (χ0v) is 9.73. The fourth-order valence-corrected chi connectivity index (χ4v) is 0.831. The maximum atomic E-state index is 12.1. The molecule has 15 heavy (non-hydrogen) atoms. The maximum Gasteiger partial charge on any atom is 0.407 e. The largest absolute Gasteiger partial charge is 0.444 e. The molecule has 1 N–H and O–H groups in total. The van der Waals surface area contributed by atoms with Crippen molar-refractivity contribution in [1.82, 2.24) is 5.32 Å². The van der Waals surface area contributed by atoms with Crippen LogP contribution in [-0.2, 0) is 9.03 Å². The number of amides is 1. The van der Waals surface area contributed by atoms with Crippen molar-refractivity contribution < 1.29 is 18.2 Å². The minimum Gasteiger partial charge on any atom is -0.444 e. The number of ether oxygens (including phenoxy) is 1. The number of hydrogen-bond acceptors (Lipinski definition) is 3. The van der Waals surface area contributed by atoms with Gasteiger partial charge in [-0.15, -0.1) is 0 Å². The van der Waals surface area contributed by atoms with Gasteiger partial charge < -0.3 is 10.1 Å². The summed E-state index contributed by atoms with van der Waals surface area (Å²) in [5.41, 5.74) is -0.358. The molecule has 0 saturated heterocycles. The van der Waals surface area contributed by atoms with Crippen LogP contribution in [-0.4, -0.2) is 24.8 Å². The van der Waals surface area contributed by atoms with Gasteiger partial charge in [-0.25, -0.2) is 9.18 Å². The first kappa shape index (κ1) is 14.2. The van der Waals surface area contributed by atoms with Crippen LogP contribution in [0.1, 0.15) is 20.8 Å².